The minimum Gasteiger partial charge on any atom is -0.383 e. The van der Waals surface area contributed by atoms with E-state index in [9.17, 15) is 14.4 Å². The van der Waals surface area contributed by atoms with E-state index in [1.807, 2.05) is 63.2 Å². The highest BCUT2D eigenvalue weighted by Gasteiger charge is 2.24. The Bertz CT molecular complexity index is 1210. The second kappa shape index (κ2) is 10.7. The molecular weight excluding hydrogens is 418 g/mol. The fraction of sp³-hybridized carbons (Fsp3) is 0.320. The predicted molar refractivity (Wildman–Crippen MR) is 133 cm³/mol. The van der Waals surface area contributed by atoms with Gasteiger partial charge in [0.2, 0.25) is 5.91 Å². The summed E-state index contributed by atoms with van der Waals surface area (Å²) in [7, 11) is 0. The molecule has 0 atom stereocenters. The third-order valence-electron chi connectivity index (χ3n) is 5.37. The number of aromatic nitrogens is 2. The Hall–Kier alpha value is -3.81. The lowest BCUT2D eigenvalue weighted by Crippen LogP contribution is -2.43. The number of nitrogens with one attached hydrogen (secondary N) is 2. The van der Waals surface area contributed by atoms with Crippen LogP contribution in [0.3, 0.4) is 0 Å². The Balaban J connectivity index is 1.93. The lowest BCUT2D eigenvalue weighted by atomic mass is 10.1. The SMILES string of the molecule is CCCCN(C(=O)CNc1cc(C)cc(C)c1)c1c(N)n(Cc2ccccc2)c(=O)[nH]c1=O. The van der Waals surface area contributed by atoms with E-state index >= 15 is 0 Å². The van der Waals surface area contributed by atoms with Crippen molar-refractivity contribution in [3.05, 3.63) is 86.1 Å². The summed E-state index contributed by atoms with van der Waals surface area (Å²) in [6, 6.07) is 15.3. The molecule has 0 saturated heterocycles. The number of nitrogens with zero attached hydrogens (tertiary/aromatic N) is 2. The highest BCUT2D eigenvalue weighted by atomic mass is 16.2. The van der Waals surface area contributed by atoms with Crippen molar-refractivity contribution in [3.8, 4) is 0 Å². The molecule has 1 aromatic heterocycles. The lowest BCUT2D eigenvalue weighted by Gasteiger charge is -2.25. The summed E-state index contributed by atoms with van der Waals surface area (Å²) in [6.07, 6.45) is 1.52. The molecule has 1 heterocycles. The average molecular weight is 450 g/mol. The monoisotopic (exact) mass is 449 g/mol. The van der Waals surface area contributed by atoms with Gasteiger partial charge in [-0.25, -0.2) is 4.79 Å². The largest absolute Gasteiger partial charge is 0.383 e. The maximum atomic E-state index is 13.2. The van der Waals surface area contributed by atoms with Crippen LogP contribution in [-0.4, -0.2) is 28.5 Å². The smallest absolute Gasteiger partial charge is 0.330 e. The molecule has 1 amide bonds. The minimum atomic E-state index is -0.669. The van der Waals surface area contributed by atoms with E-state index in [4.69, 9.17) is 5.73 Å². The van der Waals surface area contributed by atoms with Crippen molar-refractivity contribution in [2.75, 3.05) is 29.0 Å². The molecule has 0 aliphatic carbocycles. The van der Waals surface area contributed by atoms with Gasteiger partial charge in [0.25, 0.3) is 5.56 Å². The van der Waals surface area contributed by atoms with Crippen LogP contribution in [0.1, 0.15) is 36.5 Å². The third kappa shape index (κ3) is 5.91. The Morgan fingerprint density at radius 1 is 1.09 bits per heavy atom. The van der Waals surface area contributed by atoms with Crippen molar-refractivity contribution in [1.29, 1.82) is 0 Å². The summed E-state index contributed by atoms with van der Waals surface area (Å²) in [5.74, 6) is -0.326. The van der Waals surface area contributed by atoms with Crippen molar-refractivity contribution in [2.45, 2.75) is 40.2 Å². The summed E-state index contributed by atoms with van der Waals surface area (Å²) < 4.78 is 1.29. The topological polar surface area (TPSA) is 113 Å². The molecule has 8 nitrogen and oxygen atoms in total. The first-order valence-electron chi connectivity index (χ1n) is 11.1. The number of aromatic amines is 1. The molecule has 2 aromatic carbocycles. The van der Waals surface area contributed by atoms with Crippen LogP contribution in [0.15, 0.2) is 58.1 Å². The van der Waals surface area contributed by atoms with Crippen molar-refractivity contribution >= 4 is 23.1 Å². The van der Waals surface area contributed by atoms with Crippen LogP contribution in [0.5, 0.6) is 0 Å². The van der Waals surface area contributed by atoms with E-state index in [-0.39, 0.29) is 30.5 Å². The zero-order chi connectivity index (χ0) is 24.0. The predicted octanol–water partition coefficient (Wildman–Crippen LogP) is 3.03. The van der Waals surface area contributed by atoms with E-state index in [0.29, 0.717) is 13.0 Å². The number of unbranched alkanes of at least 4 members (excludes halogenated alkanes) is 1. The van der Waals surface area contributed by atoms with Crippen LogP contribution < -0.4 is 27.2 Å². The van der Waals surface area contributed by atoms with Crippen LogP contribution in [-0.2, 0) is 11.3 Å². The zero-order valence-electron chi connectivity index (χ0n) is 19.4. The Morgan fingerprint density at radius 2 is 1.76 bits per heavy atom. The van der Waals surface area contributed by atoms with Crippen LogP contribution >= 0.6 is 0 Å². The molecule has 0 saturated carbocycles. The normalized spacial score (nSPS) is 10.8. The van der Waals surface area contributed by atoms with Gasteiger partial charge >= 0.3 is 5.69 Å². The van der Waals surface area contributed by atoms with E-state index in [0.717, 1.165) is 28.8 Å². The van der Waals surface area contributed by atoms with Crippen LogP contribution in [0.4, 0.5) is 17.2 Å². The van der Waals surface area contributed by atoms with Gasteiger partial charge in [-0.2, -0.15) is 0 Å². The van der Waals surface area contributed by atoms with Crippen molar-refractivity contribution in [3.63, 3.8) is 0 Å². The number of aryl methyl sites for hydroxylation is 2. The lowest BCUT2D eigenvalue weighted by molar-refractivity contribution is -0.117. The molecule has 33 heavy (non-hydrogen) atoms. The van der Waals surface area contributed by atoms with E-state index in [2.05, 4.69) is 16.4 Å². The number of carbonyl (C=O) groups is 1. The van der Waals surface area contributed by atoms with Gasteiger partial charge in [-0.3, -0.25) is 19.1 Å². The number of nitrogen functional groups attached to an aromatic ring is 1. The summed E-state index contributed by atoms with van der Waals surface area (Å²) in [5, 5.41) is 3.14. The number of anilines is 3. The molecule has 0 bridgehead atoms. The summed E-state index contributed by atoms with van der Waals surface area (Å²) in [5.41, 5.74) is 8.90. The quantitative estimate of drug-likeness (QED) is 0.465. The second-order valence-electron chi connectivity index (χ2n) is 8.19. The van der Waals surface area contributed by atoms with Gasteiger partial charge < -0.3 is 16.0 Å². The molecule has 3 rings (SSSR count). The maximum absolute atomic E-state index is 13.2. The molecule has 0 unspecified atom stereocenters. The molecule has 174 valence electrons. The van der Waals surface area contributed by atoms with Gasteiger partial charge in [-0.1, -0.05) is 49.7 Å². The van der Waals surface area contributed by atoms with Gasteiger partial charge in [0.05, 0.1) is 13.1 Å². The highest BCUT2D eigenvalue weighted by molar-refractivity contribution is 5.98. The molecular formula is C25H31N5O3. The average Bonchev–Trinajstić information content (AvgIpc) is 2.77. The van der Waals surface area contributed by atoms with Crippen LogP contribution in [0, 0.1) is 13.8 Å². The molecule has 0 aliphatic heterocycles. The maximum Gasteiger partial charge on any atom is 0.330 e. The number of rotatable bonds is 9. The number of carbonyl (C=O) groups excluding carboxylic acids is 1. The van der Waals surface area contributed by atoms with Gasteiger partial charge in [-0.05, 0) is 49.1 Å². The third-order valence-corrected chi connectivity index (χ3v) is 5.37. The number of benzene rings is 2. The number of hydrogen-bond acceptors (Lipinski definition) is 5. The molecule has 0 aliphatic rings. The molecule has 8 heteroatoms. The van der Waals surface area contributed by atoms with Gasteiger partial charge in [0.15, 0.2) is 5.69 Å². The van der Waals surface area contributed by atoms with E-state index in [1.54, 1.807) is 0 Å². The standard InChI is InChI=1S/C25H31N5O3/c1-4-5-11-29(21(31)15-27-20-13-17(2)12-18(3)14-20)22-23(26)30(25(33)28-24(22)32)16-19-9-7-6-8-10-19/h6-10,12-14,27H,4-5,11,15-16,26H2,1-3H3,(H,28,32,33). The fourth-order valence-corrected chi connectivity index (χ4v) is 3.79. The highest BCUT2D eigenvalue weighted by Crippen LogP contribution is 2.19. The van der Waals surface area contributed by atoms with Gasteiger partial charge in [-0.15, -0.1) is 0 Å². The van der Waals surface area contributed by atoms with E-state index < -0.39 is 11.2 Å². The van der Waals surface area contributed by atoms with Gasteiger partial charge in [0.1, 0.15) is 5.82 Å². The molecule has 0 spiro atoms. The molecule has 0 fully saturated rings. The van der Waals surface area contributed by atoms with E-state index in [1.165, 1.54) is 9.47 Å². The Kier molecular flexibility index (Phi) is 7.71. The summed E-state index contributed by atoms with van der Waals surface area (Å²) in [4.78, 5) is 42.2. The number of amides is 1. The Morgan fingerprint density at radius 3 is 2.39 bits per heavy atom. The van der Waals surface area contributed by atoms with Crippen LogP contribution in [0.2, 0.25) is 0 Å². The summed E-state index contributed by atoms with van der Waals surface area (Å²) in [6.45, 7) is 6.48. The zero-order valence-corrected chi connectivity index (χ0v) is 19.4. The fourth-order valence-electron chi connectivity index (χ4n) is 3.79. The minimum absolute atomic E-state index is 0.00574. The molecule has 0 radical (unpaired) electrons. The first kappa shape index (κ1) is 23.8. The van der Waals surface area contributed by atoms with Crippen molar-refractivity contribution in [2.24, 2.45) is 0 Å². The van der Waals surface area contributed by atoms with Gasteiger partial charge in [0, 0.05) is 12.2 Å². The second-order valence-corrected chi connectivity index (χ2v) is 8.19. The molecule has 3 aromatic rings. The summed E-state index contributed by atoms with van der Waals surface area (Å²) >= 11 is 0. The first-order chi connectivity index (χ1) is 15.8. The molecule has 4 N–H and O–H groups in total. The number of hydrogen-bond donors (Lipinski definition) is 3. The number of nitrogens with two attached hydrogens (primary N) is 1. The number of H-pyrrole nitrogens is 1. The Labute approximate surface area is 193 Å². The van der Waals surface area contributed by atoms with Crippen LogP contribution in [0.25, 0.3) is 0 Å². The first-order valence-corrected chi connectivity index (χ1v) is 11.1. The van der Waals surface area contributed by atoms with Crippen molar-refractivity contribution < 1.29 is 4.79 Å². The van der Waals surface area contributed by atoms with Crippen molar-refractivity contribution in [1.82, 2.24) is 9.55 Å².